The van der Waals surface area contributed by atoms with E-state index in [-0.39, 0.29) is 5.91 Å². The number of fused-ring (bicyclic) bond motifs is 1. The number of carbonyl (C=O) groups is 1. The number of hydrogen-bond acceptors (Lipinski definition) is 5. The molecule has 0 saturated heterocycles. The Bertz CT molecular complexity index is 981. The molecule has 0 atom stereocenters. The molecule has 0 fully saturated rings. The van der Waals surface area contributed by atoms with Crippen LogP contribution in [0.15, 0.2) is 60.7 Å². The first-order valence-electron chi connectivity index (χ1n) is 10.0. The number of amides is 1. The van der Waals surface area contributed by atoms with Crippen LogP contribution in [-0.4, -0.2) is 35.7 Å². The quantitative estimate of drug-likeness (QED) is 0.684. The van der Waals surface area contributed by atoms with Crippen LogP contribution in [0.25, 0.3) is 0 Å². The first-order valence-corrected chi connectivity index (χ1v) is 10.0. The molecule has 0 spiro atoms. The highest BCUT2D eigenvalue weighted by Crippen LogP contribution is 2.28. The van der Waals surface area contributed by atoms with Crippen molar-refractivity contribution in [3.8, 4) is 0 Å². The summed E-state index contributed by atoms with van der Waals surface area (Å²) in [5.74, 6) is 0.497. The van der Waals surface area contributed by atoms with Crippen molar-refractivity contribution in [2.75, 3.05) is 34.8 Å². The maximum absolute atomic E-state index is 12.8. The largest absolute Gasteiger partial charge is 0.372 e. The highest BCUT2D eigenvalue weighted by molar-refractivity contribution is 6.06. The SMILES string of the molecule is CCN(CC)c1ccc(Nc2ccc(C(=O)N3CCc4ccccc43)nn2)cc1. The van der Waals surface area contributed by atoms with Gasteiger partial charge in [-0.05, 0) is 68.3 Å². The topological polar surface area (TPSA) is 61.4 Å². The molecule has 4 rings (SSSR count). The van der Waals surface area contributed by atoms with E-state index >= 15 is 0 Å². The zero-order chi connectivity index (χ0) is 20.2. The van der Waals surface area contributed by atoms with Crippen molar-refractivity contribution in [2.45, 2.75) is 20.3 Å². The molecule has 1 aliphatic heterocycles. The van der Waals surface area contributed by atoms with Gasteiger partial charge in [0.05, 0.1) is 0 Å². The number of para-hydroxylation sites is 1. The smallest absolute Gasteiger partial charge is 0.278 e. The number of nitrogens with one attached hydrogen (secondary N) is 1. The zero-order valence-corrected chi connectivity index (χ0v) is 16.8. The molecule has 1 aromatic heterocycles. The summed E-state index contributed by atoms with van der Waals surface area (Å²) in [7, 11) is 0. The Labute approximate surface area is 171 Å². The summed E-state index contributed by atoms with van der Waals surface area (Å²) in [4.78, 5) is 16.9. The summed E-state index contributed by atoms with van der Waals surface area (Å²) in [6.07, 6.45) is 0.873. The maximum Gasteiger partial charge on any atom is 0.278 e. The lowest BCUT2D eigenvalue weighted by molar-refractivity contribution is 0.0983. The first kappa shape index (κ1) is 18.9. The third kappa shape index (κ3) is 3.92. The minimum atomic E-state index is -0.113. The van der Waals surface area contributed by atoms with Crippen LogP contribution >= 0.6 is 0 Å². The molecule has 2 aromatic carbocycles. The summed E-state index contributed by atoms with van der Waals surface area (Å²) in [6.45, 7) is 6.93. The predicted octanol–water partition coefficient (Wildman–Crippen LogP) is 4.27. The average Bonchev–Trinajstić information content (AvgIpc) is 3.20. The van der Waals surface area contributed by atoms with Crippen LogP contribution in [0.1, 0.15) is 29.9 Å². The van der Waals surface area contributed by atoms with Crippen LogP contribution in [0.4, 0.5) is 22.9 Å². The minimum absolute atomic E-state index is 0.113. The van der Waals surface area contributed by atoms with Gasteiger partial charge in [0.25, 0.3) is 5.91 Å². The summed E-state index contributed by atoms with van der Waals surface area (Å²) in [6, 6.07) is 19.7. The number of nitrogens with zero attached hydrogens (tertiary/aromatic N) is 4. The first-order chi connectivity index (χ1) is 14.2. The number of aromatic nitrogens is 2. The van der Waals surface area contributed by atoms with Crippen LogP contribution < -0.4 is 15.1 Å². The Hall–Kier alpha value is -3.41. The predicted molar refractivity (Wildman–Crippen MR) is 117 cm³/mol. The van der Waals surface area contributed by atoms with Crippen LogP contribution in [0.5, 0.6) is 0 Å². The van der Waals surface area contributed by atoms with E-state index in [2.05, 4.69) is 52.5 Å². The van der Waals surface area contributed by atoms with Crippen molar-refractivity contribution >= 4 is 28.8 Å². The molecule has 6 heteroatoms. The summed E-state index contributed by atoms with van der Waals surface area (Å²) in [5.41, 5.74) is 4.64. The van der Waals surface area contributed by atoms with Gasteiger partial charge in [0.2, 0.25) is 0 Å². The summed E-state index contributed by atoms with van der Waals surface area (Å²) in [5, 5.41) is 11.6. The Kier molecular flexibility index (Phi) is 5.42. The van der Waals surface area contributed by atoms with Gasteiger partial charge in [0, 0.05) is 36.7 Å². The van der Waals surface area contributed by atoms with E-state index in [9.17, 15) is 4.79 Å². The molecule has 1 amide bonds. The fourth-order valence-electron chi connectivity index (χ4n) is 3.69. The monoisotopic (exact) mass is 387 g/mol. The Morgan fingerprint density at radius 2 is 1.76 bits per heavy atom. The number of benzene rings is 2. The average molecular weight is 387 g/mol. The minimum Gasteiger partial charge on any atom is -0.372 e. The molecule has 0 unspecified atom stereocenters. The zero-order valence-electron chi connectivity index (χ0n) is 16.8. The van der Waals surface area contributed by atoms with Gasteiger partial charge in [-0.1, -0.05) is 18.2 Å². The Balaban J connectivity index is 1.44. The molecule has 148 valence electrons. The molecule has 0 bridgehead atoms. The molecule has 3 aromatic rings. The van der Waals surface area contributed by atoms with Crippen LogP contribution in [0, 0.1) is 0 Å². The van der Waals surface area contributed by atoms with Crippen LogP contribution in [0.2, 0.25) is 0 Å². The van der Waals surface area contributed by atoms with E-state index in [0.29, 0.717) is 18.1 Å². The van der Waals surface area contributed by atoms with Gasteiger partial charge in [0.1, 0.15) is 0 Å². The van der Waals surface area contributed by atoms with Crippen molar-refractivity contribution in [2.24, 2.45) is 0 Å². The normalized spacial score (nSPS) is 12.6. The van der Waals surface area contributed by atoms with E-state index in [1.54, 1.807) is 17.0 Å². The second-order valence-corrected chi connectivity index (χ2v) is 6.98. The standard InChI is InChI=1S/C23H25N5O/c1-3-27(4-2)19-11-9-18(10-12-19)24-22-14-13-20(25-26-22)23(29)28-16-15-17-7-5-6-8-21(17)28/h5-14H,3-4,15-16H2,1-2H3,(H,24,26). The Morgan fingerprint density at radius 3 is 2.45 bits per heavy atom. The van der Waals surface area contributed by atoms with Gasteiger partial charge in [-0.15, -0.1) is 10.2 Å². The molecular formula is C23H25N5O. The number of hydrogen-bond donors (Lipinski definition) is 1. The van der Waals surface area contributed by atoms with Gasteiger partial charge < -0.3 is 15.1 Å². The molecule has 2 heterocycles. The van der Waals surface area contributed by atoms with E-state index in [1.807, 2.05) is 30.3 Å². The van der Waals surface area contributed by atoms with E-state index in [0.717, 1.165) is 30.9 Å². The van der Waals surface area contributed by atoms with Gasteiger partial charge in [-0.25, -0.2) is 0 Å². The number of anilines is 4. The maximum atomic E-state index is 12.8. The molecule has 0 saturated carbocycles. The van der Waals surface area contributed by atoms with E-state index in [1.165, 1.54) is 11.3 Å². The summed E-state index contributed by atoms with van der Waals surface area (Å²) < 4.78 is 0. The molecule has 6 nitrogen and oxygen atoms in total. The van der Waals surface area contributed by atoms with E-state index < -0.39 is 0 Å². The molecule has 29 heavy (non-hydrogen) atoms. The van der Waals surface area contributed by atoms with Gasteiger partial charge in [0.15, 0.2) is 11.5 Å². The second-order valence-electron chi connectivity index (χ2n) is 6.98. The molecular weight excluding hydrogens is 362 g/mol. The van der Waals surface area contributed by atoms with Crippen molar-refractivity contribution in [3.63, 3.8) is 0 Å². The highest BCUT2D eigenvalue weighted by Gasteiger charge is 2.26. The van der Waals surface area contributed by atoms with Crippen molar-refractivity contribution in [1.29, 1.82) is 0 Å². The molecule has 0 radical (unpaired) electrons. The Morgan fingerprint density at radius 1 is 1.00 bits per heavy atom. The molecule has 0 aliphatic carbocycles. The number of carbonyl (C=O) groups excluding carboxylic acids is 1. The third-order valence-corrected chi connectivity index (χ3v) is 5.28. The third-order valence-electron chi connectivity index (χ3n) is 5.28. The van der Waals surface area contributed by atoms with Gasteiger partial charge in [-0.3, -0.25) is 4.79 Å². The lowest BCUT2D eigenvalue weighted by Gasteiger charge is -2.21. The van der Waals surface area contributed by atoms with Crippen molar-refractivity contribution in [1.82, 2.24) is 10.2 Å². The number of rotatable bonds is 6. The second kappa shape index (κ2) is 8.31. The molecule has 1 N–H and O–H groups in total. The van der Waals surface area contributed by atoms with E-state index in [4.69, 9.17) is 0 Å². The van der Waals surface area contributed by atoms with Crippen molar-refractivity contribution in [3.05, 3.63) is 71.9 Å². The lowest BCUT2D eigenvalue weighted by atomic mass is 10.2. The van der Waals surface area contributed by atoms with Crippen molar-refractivity contribution < 1.29 is 4.79 Å². The van der Waals surface area contributed by atoms with Crippen LogP contribution in [-0.2, 0) is 6.42 Å². The van der Waals surface area contributed by atoms with Gasteiger partial charge >= 0.3 is 0 Å². The molecule has 1 aliphatic rings. The lowest BCUT2D eigenvalue weighted by Crippen LogP contribution is -2.29. The fourth-order valence-corrected chi connectivity index (χ4v) is 3.69. The fraction of sp³-hybridized carbons (Fsp3) is 0.261. The highest BCUT2D eigenvalue weighted by atomic mass is 16.2. The van der Waals surface area contributed by atoms with Crippen LogP contribution in [0.3, 0.4) is 0 Å². The summed E-state index contributed by atoms with van der Waals surface area (Å²) >= 11 is 0. The van der Waals surface area contributed by atoms with Gasteiger partial charge in [-0.2, -0.15) is 0 Å².